The van der Waals surface area contributed by atoms with Gasteiger partial charge in [-0.3, -0.25) is 9.58 Å². The molecule has 1 saturated heterocycles. The lowest BCUT2D eigenvalue weighted by atomic mass is 10.0. The highest BCUT2D eigenvalue weighted by molar-refractivity contribution is 4.92. The molecule has 0 amide bonds. The molecular formula is C14H27N5O. The van der Waals surface area contributed by atoms with Gasteiger partial charge < -0.3 is 10.1 Å². The van der Waals surface area contributed by atoms with Gasteiger partial charge in [-0.25, -0.2) is 0 Å². The summed E-state index contributed by atoms with van der Waals surface area (Å²) in [6, 6.07) is 0. The lowest BCUT2D eigenvalue weighted by molar-refractivity contribution is -0.0524. The number of morpholine rings is 1. The number of nitrogens with one attached hydrogen (secondary N) is 1. The molecule has 1 fully saturated rings. The smallest absolute Gasteiger partial charge is 0.0964 e. The quantitative estimate of drug-likeness (QED) is 0.752. The third kappa shape index (κ3) is 4.26. The molecule has 6 nitrogen and oxygen atoms in total. The van der Waals surface area contributed by atoms with Gasteiger partial charge in [0.25, 0.3) is 0 Å². The van der Waals surface area contributed by atoms with Gasteiger partial charge in [0.2, 0.25) is 0 Å². The van der Waals surface area contributed by atoms with Crippen molar-refractivity contribution < 1.29 is 4.74 Å². The van der Waals surface area contributed by atoms with Gasteiger partial charge in [0.1, 0.15) is 0 Å². The Balaban J connectivity index is 1.78. The average Bonchev–Trinajstić information content (AvgIpc) is 2.85. The molecule has 2 rings (SSSR count). The summed E-state index contributed by atoms with van der Waals surface area (Å²) < 4.78 is 7.48. The van der Waals surface area contributed by atoms with Crippen LogP contribution < -0.4 is 5.32 Å². The molecular weight excluding hydrogens is 254 g/mol. The van der Waals surface area contributed by atoms with Crippen LogP contribution in [0.15, 0.2) is 6.20 Å². The summed E-state index contributed by atoms with van der Waals surface area (Å²) in [4.78, 5) is 2.47. The monoisotopic (exact) mass is 281 g/mol. The fourth-order valence-electron chi connectivity index (χ4n) is 2.45. The van der Waals surface area contributed by atoms with Gasteiger partial charge in [0.05, 0.1) is 25.5 Å². The van der Waals surface area contributed by atoms with Crippen LogP contribution in [0.1, 0.15) is 32.9 Å². The first-order chi connectivity index (χ1) is 9.62. The lowest BCUT2D eigenvalue weighted by Crippen LogP contribution is -2.53. The topological polar surface area (TPSA) is 55.2 Å². The normalized spacial score (nSPS) is 19.4. The molecule has 114 valence electrons. The molecule has 1 aliphatic heterocycles. The Labute approximate surface area is 121 Å². The minimum Gasteiger partial charge on any atom is -0.378 e. The summed E-state index contributed by atoms with van der Waals surface area (Å²) in [7, 11) is 0. The first-order valence-electron chi connectivity index (χ1n) is 7.54. The second-order valence-corrected chi connectivity index (χ2v) is 6.00. The van der Waals surface area contributed by atoms with Gasteiger partial charge in [0, 0.05) is 31.4 Å². The highest BCUT2D eigenvalue weighted by Crippen LogP contribution is 2.18. The van der Waals surface area contributed by atoms with Crippen LogP contribution in [0.2, 0.25) is 0 Å². The van der Waals surface area contributed by atoms with Crippen LogP contribution in [0.25, 0.3) is 0 Å². The molecule has 0 spiro atoms. The molecule has 0 atom stereocenters. The highest BCUT2D eigenvalue weighted by Gasteiger charge is 2.29. The van der Waals surface area contributed by atoms with Gasteiger partial charge in [0.15, 0.2) is 0 Å². The van der Waals surface area contributed by atoms with E-state index in [0.29, 0.717) is 0 Å². The van der Waals surface area contributed by atoms with Crippen LogP contribution in [-0.2, 0) is 17.8 Å². The van der Waals surface area contributed by atoms with E-state index < -0.39 is 0 Å². The summed E-state index contributed by atoms with van der Waals surface area (Å²) in [6.07, 6.45) is 3.18. The predicted molar refractivity (Wildman–Crippen MR) is 78.5 cm³/mol. The van der Waals surface area contributed by atoms with Crippen LogP contribution in [0.3, 0.4) is 0 Å². The Bertz CT molecular complexity index is 404. The number of rotatable bonds is 7. The maximum Gasteiger partial charge on any atom is 0.0964 e. The minimum atomic E-state index is 0.115. The molecule has 1 N–H and O–H groups in total. The van der Waals surface area contributed by atoms with Crippen molar-refractivity contribution in [2.75, 3.05) is 32.8 Å². The fourth-order valence-corrected chi connectivity index (χ4v) is 2.45. The first kappa shape index (κ1) is 15.4. The SMILES string of the molecule is CCCNCc1cn(CCN2CCOCC2(C)C)nn1. The molecule has 1 aromatic rings. The minimum absolute atomic E-state index is 0.115. The van der Waals surface area contributed by atoms with Crippen LogP contribution in [-0.4, -0.2) is 58.3 Å². The van der Waals surface area contributed by atoms with Crippen molar-refractivity contribution in [2.45, 2.75) is 45.8 Å². The third-order valence-electron chi connectivity index (χ3n) is 3.73. The number of aromatic nitrogens is 3. The predicted octanol–water partition coefficient (Wildman–Crippen LogP) is 0.889. The molecule has 0 radical (unpaired) electrons. The molecule has 20 heavy (non-hydrogen) atoms. The van der Waals surface area contributed by atoms with Crippen LogP contribution in [0.5, 0.6) is 0 Å². The highest BCUT2D eigenvalue weighted by atomic mass is 16.5. The van der Waals surface area contributed by atoms with E-state index in [0.717, 1.165) is 58.1 Å². The van der Waals surface area contributed by atoms with E-state index in [2.05, 4.69) is 41.3 Å². The average molecular weight is 281 g/mol. The number of nitrogens with zero attached hydrogens (tertiary/aromatic N) is 4. The molecule has 0 saturated carbocycles. The van der Waals surface area contributed by atoms with Crippen LogP contribution in [0.4, 0.5) is 0 Å². The molecule has 0 aromatic carbocycles. The van der Waals surface area contributed by atoms with E-state index in [-0.39, 0.29) is 5.54 Å². The number of hydrogen-bond acceptors (Lipinski definition) is 5. The fraction of sp³-hybridized carbons (Fsp3) is 0.857. The van der Waals surface area contributed by atoms with E-state index in [4.69, 9.17) is 4.74 Å². The molecule has 2 heterocycles. The van der Waals surface area contributed by atoms with Gasteiger partial charge >= 0.3 is 0 Å². The number of hydrogen-bond donors (Lipinski definition) is 1. The van der Waals surface area contributed by atoms with E-state index in [1.165, 1.54) is 0 Å². The van der Waals surface area contributed by atoms with Crippen molar-refractivity contribution in [3.8, 4) is 0 Å². The standard InChI is InChI=1S/C14H27N5O/c1-4-5-15-10-13-11-19(17-16-13)7-6-18-8-9-20-12-14(18,2)3/h11,15H,4-10,12H2,1-3H3. The Morgan fingerprint density at radius 3 is 3.00 bits per heavy atom. The molecule has 1 aliphatic rings. The van der Waals surface area contributed by atoms with Gasteiger partial charge in [-0.2, -0.15) is 0 Å². The summed E-state index contributed by atoms with van der Waals surface area (Å²) in [5.74, 6) is 0. The molecule has 1 aromatic heterocycles. The van der Waals surface area contributed by atoms with Crippen molar-refractivity contribution in [1.29, 1.82) is 0 Å². The van der Waals surface area contributed by atoms with Crippen molar-refractivity contribution in [3.63, 3.8) is 0 Å². The Morgan fingerprint density at radius 2 is 2.25 bits per heavy atom. The van der Waals surface area contributed by atoms with Crippen molar-refractivity contribution in [2.24, 2.45) is 0 Å². The van der Waals surface area contributed by atoms with Crippen LogP contribution in [0, 0.1) is 0 Å². The summed E-state index contributed by atoms with van der Waals surface area (Å²) in [5.41, 5.74) is 1.13. The van der Waals surface area contributed by atoms with E-state index in [1.54, 1.807) is 0 Å². The third-order valence-corrected chi connectivity index (χ3v) is 3.73. The van der Waals surface area contributed by atoms with Crippen LogP contribution >= 0.6 is 0 Å². The zero-order valence-corrected chi connectivity index (χ0v) is 12.9. The Morgan fingerprint density at radius 1 is 1.40 bits per heavy atom. The maximum atomic E-state index is 5.54. The van der Waals surface area contributed by atoms with E-state index in [9.17, 15) is 0 Å². The van der Waals surface area contributed by atoms with E-state index in [1.807, 2.05) is 10.9 Å². The van der Waals surface area contributed by atoms with E-state index >= 15 is 0 Å². The summed E-state index contributed by atoms with van der Waals surface area (Å²) in [6.45, 7) is 12.9. The largest absolute Gasteiger partial charge is 0.378 e. The maximum absolute atomic E-state index is 5.54. The summed E-state index contributed by atoms with van der Waals surface area (Å²) in [5, 5.41) is 11.7. The van der Waals surface area contributed by atoms with Gasteiger partial charge in [-0.15, -0.1) is 5.10 Å². The summed E-state index contributed by atoms with van der Waals surface area (Å²) >= 11 is 0. The Hall–Kier alpha value is -0.980. The number of ether oxygens (including phenoxy) is 1. The second kappa shape index (κ2) is 7.15. The zero-order chi connectivity index (χ0) is 14.4. The molecule has 0 aliphatic carbocycles. The lowest BCUT2D eigenvalue weighted by Gasteiger charge is -2.42. The van der Waals surface area contributed by atoms with Crippen molar-refractivity contribution in [3.05, 3.63) is 11.9 Å². The Kier molecular flexibility index (Phi) is 5.51. The van der Waals surface area contributed by atoms with Gasteiger partial charge in [-0.05, 0) is 26.8 Å². The zero-order valence-electron chi connectivity index (χ0n) is 12.9. The molecule has 0 bridgehead atoms. The van der Waals surface area contributed by atoms with Gasteiger partial charge in [-0.1, -0.05) is 12.1 Å². The first-order valence-corrected chi connectivity index (χ1v) is 7.54. The molecule has 0 unspecified atom stereocenters. The second-order valence-electron chi connectivity index (χ2n) is 6.00. The van der Waals surface area contributed by atoms with Crippen molar-refractivity contribution in [1.82, 2.24) is 25.2 Å². The van der Waals surface area contributed by atoms with Crippen molar-refractivity contribution >= 4 is 0 Å². The molecule has 6 heteroatoms.